The van der Waals surface area contributed by atoms with Gasteiger partial charge < -0.3 is 9.47 Å². The van der Waals surface area contributed by atoms with Gasteiger partial charge >= 0.3 is 5.97 Å². The lowest BCUT2D eigenvalue weighted by molar-refractivity contribution is -0.146. The normalized spacial score (nSPS) is 16.4. The van der Waals surface area contributed by atoms with Gasteiger partial charge in [0.2, 0.25) is 0 Å². The summed E-state index contributed by atoms with van der Waals surface area (Å²) in [5.74, 6) is 0.469. The number of esters is 1. The fourth-order valence-corrected chi connectivity index (χ4v) is 2.23. The van der Waals surface area contributed by atoms with Gasteiger partial charge in [-0.3, -0.25) is 4.79 Å². The Bertz CT molecular complexity index is 438. The Labute approximate surface area is 106 Å². The fraction of sp³-hybridized carbons (Fsp3) is 0.462. The van der Waals surface area contributed by atoms with Crippen LogP contribution in [0.3, 0.4) is 0 Å². The van der Waals surface area contributed by atoms with Crippen LogP contribution in [0.2, 0.25) is 5.02 Å². The smallest absolute Gasteiger partial charge is 0.316 e. The predicted molar refractivity (Wildman–Crippen MR) is 65.5 cm³/mol. The molecule has 1 aliphatic rings. The van der Waals surface area contributed by atoms with Crippen LogP contribution < -0.4 is 4.74 Å². The summed E-state index contributed by atoms with van der Waals surface area (Å²) in [5.41, 5.74) is 0.452. The van der Waals surface area contributed by atoms with Crippen molar-refractivity contribution in [3.8, 4) is 5.75 Å². The third-order valence-electron chi connectivity index (χ3n) is 3.12. The average Bonchev–Trinajstić information content (AvgIpc) is 3.10. The van der Waals surface area contributed by atoms with E-state index >= 15 is 0 Å². The number of benzene rings is 1. The van der Waals surface area contributed by atoms with Gasteiger partial charge in [0.05, 0.1) is 24.2 Å². The molecule has 0 bridgehead atoms. The number of carbonyl (C=O) groups is 1. The number of halogens is 1. The van der Waals surface area contributed by atoms with E-state index in [1.54, 1.807) is 19.2 Å². The van der Waals surface area contributed by atoms with E-state index in [-0.39, 0.29) is 5.97 Å². The minimum Gasteiger partial charge on any atom is -0.495 e. The Morgan fingerprint density at radius 1 is 1.47 bits per heavy atom. The SMILES string of the molecule is CCOC(=O)C1(c2ccc(OC)c(Cl)c2)CC1. The van der Waals surface area contributed by atoms with Crippen LogP contribution in [-0.2, 0) is 14.9 Å². The van der Waals surface area contributed by atoms with Crippen molar-refractivity contribution in [2.75, 3.05) is 13.7 Å². The van der Waals surface area contributed by atoms with Crippen LogP contribution in [0.1, 0.15) is 25.3 Å². The van der Waals surface area contributed by atoms with Gasteiger partial charge in [-0.1, -0.05) is 17.7 Å². The molecule has 0 spiro atoms. The number of hydrogen-bond donors (Lipinski definition) is 0. The van der Waals surface area contributed by atoms with Crippen molar-refractivity contribution in [1.29, 1.82) is 0 Å². The van der Waals surface area contributed by atoms with Crippen LogP contribution in [0.5, 0.6) is 5.75 Å². The molecule has 1 aromatic rings. The zero-order valence-corrected chi connectivity index (χ0v) is 10.7. The molecule has 0 amide bonds. The van der Waals surface area contributed by atoms with E-state index in [1.807, 2.05) is 13.0 Å². The predicted octanol–water partition coefficient (Wildman–Crippen LogP) is 2.94. The Kier molecular flexibility index (Phi) is 3.29. The Morgan fingerprint density at radius 2 is 2.18 bits per heavy atom. The van der Waals surface area contributed by atoms with Gasteiger partial charge in [0.25, 0.3) is 0 Å². The molecule has 1 saturated carbocycles. The second-order valence-corrected chi connectivity index (χ2v) is 4.56. The first-order valence-electron chi connectivity index (χ1n) is 5.65. The molecule has 0 radical (unpaired) electrons. The summed E-state index contributed by atoms with van der Waals surface area (Å²) in [7, 11) is 1.57. The molecule has 0 saturated heterocycles. The molecule has 0 aliphatic heterocycles. The highest BCUT2D eigenvalue weighted by molar-refractivity contribution is 6.32. The van der Waals surface area contributed by atoms with E-state index in [9.17, 15) is 4.79 Å². The van der Waals surface area contributed by atoms with Crippen molar-refractivity contribution in [2.24, 2.45) is 0 Å². The third-order valence-corrected chi connectivity index (χ3v) is 3.42. The summed E-state index contributed by atoms with van der Waals surface area (Å²) in [6, 6.07) is 5.47. The molecule has 3 nitrogen and oxygen atoms in total. The lowest BCUT2D eigenvalue weighted by Gasteiger charge is -2.15. The van der Waals surface area contributed by atoms with E-state index in [0.717, 1.165) is 18.4 Å². The molecule has 0 aromatic heterocycles. The summed E-state index contributed by atoms with van der Waals surface area (Å²) in [4.78, 5) is 11.9. The van der Waals surface area contributed by atoms with E-state index in [1.165, 1.54) is 0 Å². The number of rotatable bonds is 4. The van der Waals surface area contributed by atoms with E-state index in [0.29, 0.717) is 17.4 Å². The van der Waals surface area contributed by atoms with E-state index in [4.69, 9.17) is 21.1 Å². The van der Waals surface area contributed by atoms with Crippen molar-refractivity contribution >= 4 is 17.6 Å². The highest BCUT2D eigenvalue weighted by Crippen LogP contribution is 2.50. The van der Waals surface area contributed by atoms with Crippen molar-refractivity contribution in [3.05, 3.63) is 28.8 Å². The summed E-state index contributed by atoms with van der Waals surface area (Å²) < 4.78 is 10.2. The number of ether oxygens (including phenoxy) is 2. The molecule has 2 rings (SSSR count). The molecule has 0 unspecified atom stereocenters. The first-order chi connectivity index (χ1) is 8.14. The van der Waals surface area contributed by atoms with Crippen molar-refractivity contribution < 1.29 is 14.3 Å². The molecule has 0 N–H and O–H groups in total. The molecule has 92 valence electrons. The summed E-state index contributed by atoms with van der Waals surface area (Å²) in [6.07, 6.45) is 1.66. The number of methoxy groups -OCH3 is 1. The maximum absolute atomic E-state index is 11.9. The molecule has 17 heavy (non-hydrogen) atoms. The van der Waals surface area contributed by atoms with Crippen LogP contribution in [0.15, 0.2) is 18.2 Å². The van der Waals surface area contributed by atoms with Gasteiger partial charge in [0.15, 0.2) is 0 Å². The van der Waals surface area contributed by atoms with Crippen LogP contribution in [0.4, 0.5) is 0 Å². The summed E-state index contributed by atoms with van der Waals surface area (Å²) in [6.45, 7) is 2.22. The van der Waals surface area contributed by atoms with Gasteiger partial charge in [0, 0.05) is 0 Å². The monoisotopic (exact) mass is 254 g/mol. The quantitative estimate of drug-likeness (QED) is 0.775. The third kappa shape index (κ3) is 2.12. The molecule has 1 aliphatic carbocycles. The lowest BCUT2D eigenvalue weighted by atomic mass is 9.96. The van der Waals surface area contributed by atoms with Crippen molar-refractivity contribution in [2.45, 2.75) is 25.2 Å². The standard InChI is InChI=1S/C13H15ClO3/c1-3-17-12(15)13(6-7-13)9-4-5-11(16-2)10(14)8-9/h4-5,8H,3,6-7H2,1-2H3. The maximum Gasteiger partial charge on any atom is 0.316 e. The second-order valence-electron chi connectivity index (χ2n) is 4.15. The van der Waals surface area contributed by atoms with Gasteiger partial charge in [-0.25, -0.2) is 0 Å². The van der Waals surface area contributed by atoms with Gasteiger partial charge in [-0.2, -0.15) is 0 Å². The van der Waals surface area contributed by atoms with Gasteiger partial charge in [-0.05, 0) is 37.5 Å². The fourth-order valence-electron chi connectivity index (χ4n) is 1.97. The minimum absolute atomic E-state index is 0.152. The van der Waals surface area contributed by atoms with Crippen LogP contribution in [0.25, 0.3) is 0 Å². The summed E-state index contributed by atoms with van der Waals surface area (Å²) in [5, 5.41) is 0.528. The Hall–Kier alpha value is -1.22. The molecule has 4 heteroatoms. The topological polar surface area (TPSA) is 35.5 Å². The number of hydrogen-bond acceptors (Lipinski definition) is 3. The summed E-state index contributed by atoms with van der Waals surface area (Å²) >= 11 is 6.07. The first kappa shape index (κ1) is 12.2. The van der Waals surface area contributed by atoms with E-state index in [2.05, 4.69) is 0 Å². The molecule has 0 atom stereocenters. The lowest BCUT2D eigenvalue weighted by Crippen LogP contribution is -2.23. The second kappa shape index (κ2) is 4.57. The molecular formula is C13H15ClO3. The van der Waals surface area contributed by atoms with Crippen LogP contribution >= 0.6 is 11.6 Å². The molecular weight excluding hydrogens is 240 g/mol. The van der Waals surface area contributed by atoms with Crippen molar-refractivity contribution in [1.82, 2.24) is 0 Å². The van der Waals surface area contributed by atoms with E-state index < -0.39 is 5.41 Å². The average molecular weight is 255 g/mol. The maximum atomic E-state index is 11.9. The highest BCUT2D eigenvalue weighted by atomic mass is 35.5. The Balaban J connectivity index is 2.28. The zero-order chi connectivity index (χ0) is 12.5. The van der Waals surface area contributed by atoms with Crippen LogP contribution in [0, 0.1) is 0 Å². The minimum atomic E-state index is -0.466. The number of carbonyl (C=O) groups excluding carboxylic acids is 1. The molecule has 0 heterocycles. The van der Waals surface area contributed by atoms with Gasteiger partial charge in [0.1, 0.15) is 5.75 Å². The molecule has 1 fully saturated rings. The highest BCUT2D eigenvalue weighted by Gasteiger charge is 2.52. The first-order valence-corrected chi connectivity index (χ1v) is 6.03. The van der Waals surface area contributed by atoms with Crippen LogP contribution in [-0.4, -0.2) is 19.7 Å². The zero-order valence-electron chi connectivity index (χ0n) is 9.96. The van der Waals surface area contributed by atoms with Crippen molar-refractivity contribution in [3.63, 3.8) is 0 Å². The molecule has 1 aromatic carbocycles. The van der Waals surface area contributed by atoms with Gasteiger partial charge in [-0.15, -0.1) is 0 Å². The Morgan fingerprint density at radius 3 is 2.65 bits per heavy atom. The largest absolute Gasteiger partial charge is 0.495 e.